The lowest BCUT2D eigenvalue weighted by atomic mass is 10.0. The second kappa shape index (κ2) is 6.97. The van der Waals surface area contributed by atoms with Gasteiger partial charge >= 0.3 is 0 Å². The molecule has 1 N–H and O–H groups in total. The predicted molar refractivity (Wildman–Crippen MR) is 88.3 cm³/mol. The minimum atomic E-state index is 0.548. The van der Waals surface area contributed by atoms with E-state index < -0.39 is 0 Å². The molecule has 0 bridgehead atoms. The molecule has 1 aliphatic heterocycles. The summed E-state index contributed by atoms with van der Waals surface area (Å²) in [5, 5.41) is 4.55. The smallest absolute Gasteiger partial charge is 0.0473 e. The molecule has 1 aromatic carbocycles. The molecule has 1 heterocycles. The normalized spacial score (nSPS) is 25.6. The van der Waals surface area contributed by atoms with Crippen LogP contribution in [-0.2, 0) is 0 Å². The van der Waals surface area contributed by atoms with Gasteiger partial charge in [0.05, 0.1) is 0 Å². The first-order chi connectivity index (χ1) is 9.86. The lowest BCUT2D eigenvalue weighted by Gasteiger charge is -2.38. The zero-order valence-electron chi connectivity index (χ0n) is 12.4. The second-order valence-electron chi connectivity index (χ2n) is 6.00. The van der Waals surface area contributed by atoms with Gasteiger partial charge in [0.1, 0.15) is 0 Å². The first kappa shape index (κ1) is 14.4. The largest absolute Gasteiger partial charge is 0.312 e. The minimum absolute atomic E-state index is 0.548. The van der Waals surface area contributed by atoms with Gasteiger partial charge < -0.3 is 5.32 Å². The number of rotatable bonds is 6. The van der Waals surface area contributed by atoms with Crippen LogP contribution in [-0.4, -0.2) is 41.6 Å². The van der Waals surface area contributed by atoms with Crippen molar-refractivity contribution in [1.29, 1.82) is 0 Å². The Bertz CT molecular complexity index is 405. The van der Waals surface area contributed by atoms with Gasteiger partial charge in [-0.25, -0.2) is 0 Å². The molecule has 2 nitrogen and oxygen atoms in total. The summed E-state index contributed by atoms with van der Waals surface area (Å²) in [6, 6.07) is 12.4. The molecule has 3 rings (SSSR count). The van der Waals surface area contributed by atoms with Crippen LogP contribution in [0, 0.1) is 0 Å². The van der Waals surface area contributed by atoms with Crippen molar-refractivity contribution in [2.24, 2.45) is 0 Å². The molecule has 1 saturated heterocycles. The molecule has 0 aromatic heterocycles. The SMILES string of the molecule is CCC1CN(C(CNC2CC2)c2ccccc2)CCS1. The highest BCUT2D eigenvalue weighted by molar-refractivity contribution is 8.00. The summed E-state index contributed by atoms with van der Waals surface area (Å²) < 4.78 is 0. The van der Waals surface area contributed by atoms with Crippen LogP contribution in [0.15, 0.2) is 30.3 Å². The Morgan fingerprint density at radius 2 is 2.10 bits per heavy atom. The molecule has 1 saturated carbocycles. The average Bonchev–Trinajstić information content (AvgIpc) is 3.33. The van der Waals surface area contributed by atoms with Crippen molar-refractivity contribution in [3.63, 3.8) is 0 Å². The molecule has 0 amide bonds. The molecule has 0 spiro atoms. The molecule has 1 aromatic rings. The fraction of sp³-hybridized carbons (Fsp3) is 0.647. The third-order valence-corrected chi connectivity index (χ3v) is 5.80. The van der Waals surface area contributed by atoms with Crippen LogP contribution in [0.3, 0.4) is 0 Å². The van der Waals surface area contributed by atoms with Crippen molar-refractivity contribution in [1.82, 2.24) is 10.2 Å². The van der Waals surface area contributed by atoms with E-state index >= 15 is 0 Å². The highest BCUT2D eigenvalue weighted by atomic mass is 32.2. The molecular formula is C17H26N2S. The van der Waals surface area contributed by atoms with Crippen LogP contribution in [0.1, 0.15) is 37.8 Å². The van der Waals surface area contributed by atoms with Gasteiger partial charge in [0.2, 0.25) is 0 Å². The van der Waals surface area contributed by atoms with Crippen molar-refractivity contribution in [2.45, 2.75) is 43.5 Å². The quantitative estimate of drug-likeness (QED) is 0.865. The van der Waals surface area contributed by atoms with Gasteiger partial charge in [0.15, 0.2) is 0 Å². The third kappa shape index (κ3) is 3.78. The number of thioether (sulfide) groups is 1. The van der Waals surface area contributed by atoms with Gasteiger partial charge in [0.25, 0.3) is 0 Å². The molecule has 3 heteroatoms. The first-order valence-electron chi connectivity index (χ1n) is 8.00. The Morgan fingerprint density at radius 1 is 1.30 bits per heavy atom. The summed E-state index contributed by atoms with van der Waals surface area (Å²) in [6.45, 7) is 5.90. The van der Waals surface area contributed by atoms with E-state index in [4.69, 9.17) is 0 Å². The summed E-state index contributed by atoms with van der Waals surface area (Å²) in [5.74, 6) is 1.28. The summed E-state index contributed by atoms with van der Waals surface area (Å²) in [6.07, 6.45) is 4.03. The van der Waals surface area contributed by atoms with Crippen LogP contribution in [0.2, 0.25) is 0 Å². The number of benzene rings is 1. The van der Waals surface area contributed by atoms with Gasteiger partial charge in [0, 0.05) is 42.7 Å². The lowest BCUT2D eigenvalue weighted by Crippen LogP contribution is -2.44. The zero-order chi connectivity index (χ0) is 13.8. The summed E-state index contributed by atoms with van der Waals surface area (Å²) in [5.41, 5.74) is 1.47. The van der Waals surface area contributed by atoms with E-state index in [9.17, 15) is 0 Å². The first-order valence-corrected chi connectivity index (χ1v) is 9.05. The van der Waals surface area contributed by atoms with E-state index in [1.54, 1.807) is 0 Å². The number of hydrogen-bond donors (Lipinski definition) is 1. The van der Waals surface area contributed by atoms with Crippen molar-refractivity contribution in [3.05, 3.63) is 35.9 Å². The molecule has 2 fully saturated rings. The number of hydrogen-bond acceptors (Lipinski definition) is 3. The maximum Gasteiger partial charge on any atom is 0.0473 e. The van der Waals surface area contributed by atoms with Gasteiger partial charge in [-0.05, 0) is 24.8 Å². The monoisotopic (exact) mass is 290 g/mol. The molecule has 20 heavy (non-hydrogen) atoms. The molecule has 110 valence electrons. The van der Waals surface area contributed by atoms with Crippen molar-refractivity contribution >= 4 is 11.8 Å². The predicted octanol–water partition coefficient (Wildman–Crippen LogP) is 3.31. The highest BCUT2D eigenvalue weighted by Crippen LogP contribution is 2.29. The Morgan fingerprint density at radius 3 is 2.80 bits per heavy atom. The molecular weight excluding hydrogens is 264 g/mol. The highest BCUT2D eigenvalue weighted by Gasteiger charge is 2.28. The van der Waals surface area contributed by atoms with E-state index in [0.717, 1.165) is 17.8 Å². The molecule has 2 atom stereocenters. The molecule has 2 aliphatic rings. The summed E-state index contributed by atoms with van der Waals surface area (Å²) >= 11 is 2.15. The van der Waals surface area contributed by atoms with E-state index in [2.05, 4.69) is 59.2 Å². The van der Waals surface area contributed by atoms with Gasteiger partial charge in [-0.15, -0.1) is 0 Å². The van der Waals surface area contributed by atoms with Crippen molar-refractivity contribution < 1.29 is 0 Å². The van der Waals surface area contributed by atoms with Crippen LogP contribution in [0.5, 0.6) is 0 Å². The second-order valence-corrected chi connectivity index (χ2v) is 7.41. The van der Waals surface area contributed by atoms with E-state index in [-0.39, 0.29) is 0 Å². The topological polar surface area (TPSA) is 15.3 Å². The zero-order valence-corrected chi connectivity index (χ0v) is 13.2. The number of nitrogens with zero attached hydrogens (tertiary/aromatic N) is 1. The fourth-order valence-electron chi connectivity index (χ4n) is 2.97. The lowest BCUT2D eigenvalue weighted by molar-refractivity contribution is 0.197. The maximum atomic E-state index is 3.74. The average molecular weight is 290 g/mol. The Balaban J connectivity index is 1.69. The molecule has 2 unspecified atom stereocenters. The summed E-state index contributed by atoms with van der Waals surface area (Å²) in [7, 11) is 0. The Hall–Kier alpha value is -0.510. The van der Waals surface area contributed by atoms with Gasteiger partial charge in [-0.1, -0.05) is 37.3 Å². The van der Waals surface area contributed by atoms with Crippen LogP contribution in [0.4, 0.5) is 0 Å². The third-order valence-electron chi connectivity index (χ3n) is 4.43. The Labute approximate surface area is 127 Å². The minimum Gasteiger partial charge on any atom is -0.312 e. The van der Waals surface area contributed by atoms with Gasteiger partial charge in [-0.3, -0.25) is 4.90 Å². The van der Waals surface area contributed by atoms with E-state index in [1.807, 2.05) is 0 Å². The van der Waals surface area contributed by atoms with Crippen LogP contribution in [0.25, 0.3) is 0 Å². The maximum absolute atomic E-state index is 3.74. The van der Waals surface area contributed by atoms with Crippen LogP contribution >= 0.6 is 11.8 Å². The van der Waals surface area contributed by atoms with Crippen molar-refractivity contribution in [2.75, 3.05) is 25.4 Å². The van der Waals surface area contributed by atoms with Gasteiger partial charge in [-0.2, -0.15) is 11.8 Å². The van der Waals surface area contributed by atoms with E-state index in [0.29, 0.717) is 6.04 Å². The fourth-order valence-corrected chi connectivity index (χ4v) is 4.18. The van der Waals surface area contributed by atoms with E-state index in [1.165, 1.54) is 43.7 Å². The Kier molecular flexibility index (Phi) is 5.03. The summed E-state index contributed by atoms with van der Waals surface area (Å²) in [4.78, 5) is 2.70. The van der Waals surface area contributed by atoms with Crippen LogP contribution < -0.4 is 5.32 Å². The standard InChI is InChI=1S/C17H26N2S/c1-2-16-13-19(10-11-20-16)17(12-18-15-8-9-15)14-6-4-3-5-7-14/h3-7,15-18H,2,8-13H2,1H3. The molecule has 0 radical (unpaired) electrons. The molecule has 1 aliphatic carbocycles. The van der Waals surface area contributed by atoms with Crippen molar-refractivity contribution in [3.8, 4) is 0 Å². The number of nitrogens with one attached hydrogen (secondary N) is 1.